The Bertz CT molecular complexity index is 1790. The van der Waals surface area contributed by atoms with E-state index < -0.39 is 11.8 Å². The van der Waals surface area contributed by atoms with Gasteiger partial charge in [0.2, 0.25) is 0 Å². The van der Waals surface area contributed by atoms with Crippen LogP contribution in [-0.2, 0) is 16.0 Å². The molecule has 1 saturated heterocycles. The fourth-order valence-corrected chi connectivity index (χ4v) is 4.85. The second-order valence-electron chi connectivity index (χ2n) is 10.2. The number of nitrogens with zero attached hydrogens (tertiary/aromatic N) is 5. The number of ketones is 1. The Kier molecular flexibility index (Phi) is 7.96. The van der Waals surface area contributed by atoms with Crippen LogP contribution in [0.1, 0.15) is 12.5 Å². The molecule has 0 bridgehead atoms. The minimum absolute atomic E-state index is 0.00386. The maximum atomic E-state index is 15.3. The third-order valence-electron chi connectivity index (χ3n) is 6.96. The number of halogens is 1. The molecule has 6 rings (SSSR count). The van der Waals surface area contributed by atoms with Gasteiger partial charge >= 0.3 is 6.03 Å². The molecule has 4 heterocycles. The predicted molar refractivity (Wildman–Crippen MR) is 162 cm³/mol. The first-order chi connectivity index (χ1) is 20.9. The lowest BCUT2D eigenvalue weighted by Gasteiger charge is -2.28. The average Bonchev–Trinajstić information content (AvgIpc) is 3.03. The fourth-order valence-electron chi connectivity index (χ4n) is 4.85. The Hall–Kier alpha value is -5.29. The van der Waals surface area contributed by atoms with Crippen LogP contribution >= 0.6 is 0 Å². The summed E-state index contributed by atoms with van der Waals surface area (Å²) in [6.45, 7) is 3.93. The Morgan fingerprint density at radius 1 is 0.930 bits per heavy atom. The molecule has 0 spiro atoms. The van der Waals surface area contributed by atoms with Crippen LogP contribution < -0.4 is 15.5 Å². The molecule has 1 aliphatic heterocycles. The molecule has 0 radical (unpaired) electrons. The number of rotatable bonds is 7. The van der Waals surface area contributed by atoms with Crippen molar-refractivity contribution in [1.29, 1.82) is 0 Å². The summed E-state index contributed by atoms with van der Waals surface area (Å²) in [5.74, 6) is 0.398. The highest BCUT2D eigenvalue weighted by Gasteiger charge is 2.20. The van der Waals surface area contributed by atoms with Crippen LogP contribution in [-0.4, -0.2) is 58.1 Å². The summed E-state index contributed by atoms with van der Waals surface area (Å²) in [5, 5.41) is 5.22. The van der Waals surface area contributed by atoms with Gasteiger partial charge in [0, 0.05) is 60.5 Å². The number of hydrogen-bond donors (Lipinski definition) is 2. The number of anilines is 3. The minimum Gasteiger partial charge on any atom is -0.378 e. The first-order valence-electron chi connectivity index (χ1n) is 13.8. The zero-order valence-electron chi connectivity index (χ0n) is 23.4. The van der Waals surface area contributed by atoms with Crippen molar-refractivity contribution >= 4 is 40.0 Å². The summed E-state index contributed by atoms with van der Waals surface area (Å²) in [4.78, 5) is 44.4. The SMILES string of the molecule is CC(=O)Cc1ccc(NC(=O)Nc2ccc(-c3nc(N4CCOCC4)c4ncc(-c5cccnc5)cc4n3)cc2F)cc1. The summed E-state index contributed by atoms with van der Waals surface area (Å²) in [5.41, 5.74) is 4.82. The standard InChI is InChI=1S/C32H28FN7O3/c1-20(41)15-21-4-7-25(8-5-21)36-32(42)38-27-9-6-22(16-26(27)33)30-37-28-17-24(23-3-2-10-34-18-23)19-35-29(28)31(39-30)40-11-13-43-14-12-40/h2-10,16-19H,11-15H2,1H3,(H2,36,38,42). The summed E-state index contributed by atoms with van der Waals surface area (Å²) in [6, 6.07) is 16.5. The first-order valence-corrected chi connectivity index (χ1v) is 13.8. The monoisotopic (exact) mass is 577 g/mol. The molecule has 0 unspecified atom stereocenters. The largest absolute Gasteiger partial charge is 0.378 e. The molecule has 11 heteroatoms. The van der Waals surface area contributed by atoms with Crippen molar-refractivity contribution in [2.75, 3.05) is 41.8 Å². The molecule has 2 amide bonds. The lowest BCUT2D eigenvalue weighted by atomic mass is 10.1. The van der Waals surface area contributed by atoms with Gasteiger partial charge in [-0.1, -0.05) is 18.2 Å². The van der Waals surface area contributed by atoms with E-state index in [1.807, 2.05) is 18.2 Å². The van der Waals surface area contributed by atoms with Crippen LogP contribution in [0.3, 0.4) is 0 Å². The summed E-state index contributed by atoms with van der Waals surface area (Å²) < 4.78 is 20.8. The van der Waals surface area contributed by atoms with Crippen LogP contribution in [0.5, 0.6) is 0 Å². The van der Waals surface area contributed by atoms with Gasteiger partial charge in [0.1, 0.15) is 17.1 Å². The van der Waals surface area contributed by atoms with Gasteiger partial charge in [-0.2, -0.15) is 0 Å². The highest BCUT2D eigenvalue weighted by Crippen LogP contribution is 2.31. The number of benzene rings is 2. The van der Waals surface area contributed by atoms with Gasteiger partial charge in [0.25, 0.3) is 0 Å². The molecule has 3 aromatic heterocycles. The van der Waals surface area contributed by atoms with Gasteiger partial charge in [-0.25, -0.2) is 19.2 Å². The third kappa shape index (κ3) is 6.47. The number of urea groups is 1. The quantitative estimate of drug-likeness (QED) is 0.260. The van der Waals surface area contributed by atoms with Crippen molar-refractivity contribution in [3.63, 3.8) is 0 Å². The Morgan fingerprint density at radius 2 is 1.74 bits per heavy atom. The van der Waals surface area contributed by atoms with Gasteiger partial charge in [-0.05, 0) is 55.0 Å². The number of fused-ring (bicyclic) bond motifs is 1. The number of Topliss-reactive ketones (excluding diaryl/α,β-unsaturated/α-hetero) is 1. The normalized spacial score (nSPS) is 13.1. The Morgan fingerprint density at radius 3 is 2.47 bits per heavy atom. The molecule has 43 heavy (non-hydrogen) atoms. The zero-order valence-corrected chi connectivity index (χ0v) is 23.4. The van der Waals surface area contributed by atoms with Gasteiger partial charge < -0.3 is 20.3 Å². The molecule has 5 aromatic rings. The summed E-state index contributed by atoms with van der Waals surface area (Å²) in [6.07, 6.45) is 5.56. The van der Waals surface area contributed by atoms with Gasteiger partial charge in [0.05, 0.1) is 24.4 Å². The fraction of sp³-hybridized carbons (Fsp3) is 0.188. The molecule has 1 aliphatic rings. The molecule has 1 fully saturated rings. The average molecular weight is 578 g/mol. The number of aromatic nitrogens is 4. The maximum absolute atomic E-state index is 15.3. The van der Waals surface area contributed by atoms with Crippen LogP contribution in [0.2, 0.25) is 0 Å². The van der Waals surface area contributed by atoms with Gasteiger partial charge in [-0.3, -0.25) is 14.8 Å². The van der Waals surface area contributed by atoms with E-state index in [1.54, 1.807) is 48.9 Å². The first kappa shape index (κ1) is 27.9. The second kappa shape index (κ2) is 12.3. The molecular weight excluding hydrogens is 549 g/mol. The molecule has 0 aliphatic carbocycles. The van der Waals surface area contributed by atoms with Gasteiger partial charge in [-0.15, -0.1) is 0 Å². The number of carbonyl (C=O) groups excluding carboxylic acids is 2. The highest BCUT2D eigenvalue weighted by molar-refractivity contribution is 6.00. The summed E-state index contributed by atoms with van der Waals surface area (Å²) >= 11 is 0. The number of amides is 2. The van der Waals surface area contributed by atoms with E-state index in [1.165, 1.54) is 19.1 Å². The van der Waals surface area contributed by atoms with E-state index in [2.05, 4.69) is 20.5 Å². The van der Waals surface area contributed by atoms with E-state index in [0.717, 1.165) is 16.7 Å². The Balaban J connectivity index is 1.27. The highest BCUT2D eigenvalue weighted by atomic mass is 19.1. The topological polar surface area (TPSA) is 122 Å². The lowest BCUT2D eigenvalue weighted by Crippen LogP contribution is -2.37. The number of pyridine rings is 2. The van der Waals surface area contributed by atoms with E-state index >= 15 is 4.39 Å². The van der Waals surface area contributed by atoms with E-state index in [9.17, 15) is 9.59 Å². The molecule has 0 atom stereocenters. The van der Waals surface area contributed by atoms with Crippen LogP contribution in [0.25, 0.3) is 33.5 Å². The van der Waals surface area contributed by atoms with E-state index in [-0.39, 0.29) is 11.5 Å². The van der Waals surface area contributed by atoms with Gasteiger partial charge in [0.15, 0.2) is 11.6 Å². The number of nitrogens with one attached hydrogen (secondary N) is 2. The second-order valence-corrected chi connectivity index (χ2v) is 10.2. The smallest absolute Gasteiger partial charge is 0.323 e. The predicted octanol–water partition coefficient (Wildman–Crippen LogP) is 5.51. The molecule has 10 nitrogen and oxygen atoms in total. The van der Waals surface area contributed by atoms with E-state index in [0.29, 0.717) is 66.7 Å². The van der Waals surface area contributed by atoms with Crippen molar-refractivity contribution in [2.45, 2.75) is 13.3 Å². The van der Waals surface area contributed by atoms with Crippen LogP contribution in [0.15, 0.2) is 79.3 Å². The number of carbonyl (C=O) groups is 2. The Labute approximate surface area is 247 Å². The molecule has 0 saturated carbocycles. The van der Waals surface area contributed by atoms with Crippen molar-refractivity contribution in [3.8, 4) is 22.5 Å². The molecule has 216 valence electrons. The number of morpholine rings is 1. The summed E-state index contributed by atoms with van der Waals surface area (Å²) in [7, 11) is 0. The van der Waals surface area contributed by atoms with Crippen LogP contribution in [0.4, 0.5) is 26.4 Å². The van der Waals surface area contributed by atoms with Crippen LogP contribution in [0, 0.1) is 5.82 Å². The molecule has 2 N–H and O–H groups in total. The third-order valence-corrected chi connectivity index (χ3v) is 6.96. The van der Waals surface area contributed by atoms with E-state index in [4.69, 9.17) is 19.7 Å². The molecule has 2 aromatic carbocycles. The lowest BCUT2D eigenvalue weighted by molar-refractivity contribution is -0.116. The molecular formula is C32H28FN7O3. The van der Waals surface area contributed by atoms with Crippen molar-refractivity contribution in [3.05, 3.63) is 90.6 Å². The van der Waals surface area contributed by atoms with Crippen molar-refractivity contribution in [2.24, 2.45) is 0 Å². The maximum Gasteiger partial charge on any atom is 0.323 e. The number of ether oxygens (including phenoxy) is 1. The van der Waals surface area contributed by atoms with Crippen molar-refractivity contribution in [1.82, 2.24) is 19.9 Å². The minimum atomic E-state index is -0.636. The number of hydrogen-bond acceptors (Lipinski definition) is 8. The zero-order chi connectivity index (χ0) is 29.8. The van der Waals surface area contributed by atoms with Crippen molar-refractivity contribution < 1.29 is 18.7 Å².